The van der Waals surface area contributed by atoms with Crippen LogP contribution in [0.25, 0.3) is 0 Å². The maximum absolute atomic E-state index is 11.7. The molecule has 1 saturated heterocycles. The number of urea groups is 1. The van der Waals surface area contributed by atoms with Crippen LogP contribution in [0.1, 0.15) is 20.3 Å². The Morgan fingerprint density at radius 1 is 1.53 bits per heavy atom. The summed E-state index contributed by atoms with van der Waals surface area (Å²) < 4.78 is 5.69. The van der Waals surface area contributed by atoms with Crippen LogP contribution < -0.4 is 10.6 Å². The van der Waals surface area contributed by atoms with Gasteiger partial charge in [0.05, 0.1) is 6.10 Å². The van der Waals surface area contributed by atoms with Crippen LogP contribution in [0.15, 0.2) is 24.4 Å². The van der Waals surface area contributed by atoms with Crippen LogP contribution in [0, 0.1) is 11.8 Å². The third-order valence-corrected chi connectivity index (χ3v) is 3.35. The van der Waals surface area contributed by atoms with Crippen LogP contribution >= 0.6 is 0 Å². The molecule has 1 aliphatic rings. The van der Waals surface area contributed by atoms with Crippen molar-refractivity contribution in [3.05, 3.63) is 24.4 Å². The Labute approximate surface area is 113 Å². The Morgan fingerprint density at radius 3 is 3.05 bits per heavy atom. The number of pyridine rings is 1. The number of nitrogens with zero attached hydrogens (tertiary/aromatic N) is 1. The topological polar surface area (TPSA) is 63.2 Å². The van der Waals surface area contributed by atoms with Gasteiger partial charge in [0.15, 0.2) is 0 Å². The summed E-state index contributed by atoms with van der Waals surface area (Å²) in [6.45, 7) is 5.73. The Balaban J connectivity index is 1.77. The molecule has 2 heterocycles. The minimum atomic E-state index is -0.215. The van der Waals surface area contributed by atoms with E-state index >= 15 is 0 Å². The van der Waals surface area contributed by atoms with Crippen molar-refractivity contribution in [1.29, 1.82) is 0 Å². The number of amides is 2. The van der Waals surface area contributed by atoms with E-state index in [2.05, 4.69) is 29.5 Å². The second-order valence-electron chi connectivity index (χ2n) is 5.18. The highest BCUT2D eigenvalue weighted by Crippen LogP contribution is 2.26. The van der Waals surface area contributed by atoms with E-state index < -0.39 is 0 Å². The lowest BCUT2D eigenvalue weighted by Crippen LogP contribution is -2.37. The molecule has 0 spiro atoms. The van der Waals surface area contributed by atoms with E-state index in [1.54, 1.807) is 12.3 Å². The lowest BCUT2D eigenvalue weighted by atomic mass is 9.93. The van der Waals surface area contributed by atoms with Crippen molar-refractivity contribution in [2.24, 2.45) is 11.8 Å². The SMILES string of the molecule is CC(C)[C@H]1OCC[C@@H]1CNC(=O)Nc1ccccn1. The Bertz CT molecular complexity index is 408. The normalized spacial score (nSPS) is 22.5. The molecule has 1 aromatic rings. The predicted octanol–water partition coefficient (Wildman–Crippen LogP) is 2.26. The predicted molar refractivity (Wildman–Crippen MR) is 73.9 cm³/mol. The van der Waals surface area contributed by atoms with Gasteiger partial charge in [0.2, 0.25) is 0 Å². The van der Waals surface area contributed by atoms with Crippen molar-refractivity contribution in [3.8, 4) is 0 Å². The van der Waals surface area contributed by atoms with E-state index in [1.807, 2.05) is 12.1 Å². The summed E-state index contributed by atoms with van der Waals surface area (Å²) in [5, 5.41) is 5.60. The molecular formula is C14H21N3O2. The molecule has 0 saturated carbocycles. The first kappa shape index (κ1) is 13.8. The van der Waals surface area contributed by atoms with Gasteiger partial charge >= 0.3 is 6.03 Å². The average Bonchev–Trinajstić information content (AvgIpc) is 2.86. The molecular weight excluding hydrogens is 242 g/mol. The van der Waals surface area contributed by atoms with Crippen molar-refractivity contribution < 1.29 is 9.53 Å². The molecule has 0 unspecified atom stereocenters. The molecule has 5 nitrogen and oxygen atoms in total. The number of carbonyl (C=O) groups excluding carboxylic acids is 1. The molecule has 2 amide bonds. The standard InChI is InChI=1S/C14H21N3O2/c1-10(2)13-11(6-8-19-13)9-16-14(18)17-12-5-3-4-7-15-12/h3-5,7,10-11,13H,6,8-9H2,1-2H3,(H2,15,16,17,18)/t11-,13-/m1/s1. The Morgan fingerprint density at radius 2 is 2.37 bits per heavy atom. The van der Waals surface area contributed by atoms with E-state index in [1.165, 1.54) is 0 Å². The molecule has 1 fully saturated rings. The maximum atomic E-state index is 11.7. The zero-order valence-electron chi connectivity index (χ0n) is 11.4. The summed E-state index contributed by atoms with van der Waals surface area (Å²) in [6, 6.07) is 5.19. The van der Waals surface area contributed by atoms with Gasteiger partial charge in [-0.25, -0.2) is 9.78 Å². The van der Waals surface area contributed by atoms with E-state index in [-0.39, 0.29) is 12.1 Å². The molecule has 0 radical (unpaired) electrons. The summed E-state index contributed by atoms with van der Waals surface area (Å²) in [6.07, 6.45) is 2.90. The Kier molecular flexibility index (Phi) is 4.74. The van der Waals surface area contributed by atoms with Crippen LogP contribution in [-0.4, -0.2) is 30.3 Å². The fourth-order valence-electron chi connectivity index (χ4n) is 2.43. The van der Waals surface area contributed by atoms with Crippen molar-refractivity contribution in [2.45, 2.75) is 26.4 Å². The average molecular weight is 263 g/mol. The van der Waals surface area contributed by atoms with Gasteiger partial charge in [-0.3, -0.25) is 5.32 Å². The van der Waals surface area contributed by atoms with Crippen LogP contribution in [-0.2, 0) is 4.74 Å². The number of hydrogen-bond donors (Lipinski definition) is 2. The molecule has 1 aromatic heterocycles. The highest BCUT2D eigenvalue weighted by Gasteiger charge is 2.30. The maximum Gasteiger partial charge on any atom is 0.320 e. The molecule has 2 atom stereocenters. The van der Waals surface area contributed by atoms with E-state index in [9.17, 15) is 4.79 Å². The first-order valence-electron chi connectivity index (χ1n) is 6.74. The second kappa shape index (κ2) is 6.52. The van der Waals surface area contributed by atoms with Gasteiger partial charge < -0.3 is 10.1 Å². The molecule has 2 rings (SSSR count). The van der Waals surface area contributed by atoms with Gasteiger partial charge in [-0.15, -0.1) is 0 Å². The summed E-state index contributed by atoms with van der Waals surface area (Å²) in [7, 11) is 0. The van der Waals surface area contributed by atoms with Crippen molar-refractivity contribution >= 4 is 11.8 Å². The van der Waals surface area contributed by atoms with Crippen LogP contribution in [0.5, 0.6) is 0 Å². The molecule has 1 aliphatic heterocycles. The molecule has 5 heteroatoms. The number of hydrogen-bond acceptors (Lipinski definition) is 3. The third-order valence-electron chi connectivity index (χ3n) is 3.35. The minimum absolute atomic E-state index is 0.215. The molecule has 19 heavy (non-hydrogen) atoms. The Hall–Kier alpha value is -1.62. The summed E-state index contributed by atoms with van der Waals surface area (Å²) in [5.74, 6) is 1.44. The number of ether oxygens (including phenoxy) is 1. The van der Waals surface area contributed by atoms with Crippen LogP contribution in [0.2, 0.25) is 0 Å². The van der Waals surface area contributed by atoms with Gasteiger partial charge in [-0.2, -0.15) is 0 Å². The fraction of sp³-hybridized carbons (Fsp3) is 0.571. The third kappa shape index (κ3) is 3.92. The van der Waals surface area contributed by atoms with Gasteiger partial charge in [0.1, 0.15) is 5.82 Å². The first-order valence-corrected chi connectivity index (χ1v) is 6.74. The number of nitrogens with one attached hydrogen (secondary N) is 2. The van der Waals surface area contributed by atoms with Crippen LogP contribution in [0.3, 0.4) is 0 Å². The summed E-state index contributed by atoms with van der Waals surface area (Å²) >= 11 is 0. The van der Waals surface area contributed by atoms with Gasteiger partial charge in [-0.05, 0) is 24.5 Å². The van der Waals surface area contributed by atoms with E-state index in [4.69, 9.17) is 4.74 Å². The van der Waals surface area contributed by atoms with Gasteiger partial charge in [0.25, 0.3) is 0 Å². The zero-order valence-corrected chi connectivity index (χ0v) is 11.4. The number of rotatable bonds is 4. The van der Waals surface area contributed by atoms with Gasteiger partial charge in [-0.1, -0.05) is 19.9 Å². The highest BCUT2D eigenvalue weighted by molar-refractivity contribution is 5.88. The highest BCUT2D eigenvalue weighted by atomic mass is 16.5. The number of anilines is 1. The zero-order chi connectivity index (χ0) is 13.7. The molecule has 0 aromatic carbocycles. The quantitative estimate of drug-likeness (QED) is 0.876. The summed E-state index contributed by atoms with van der Waals surface area (Å²) in [4.78, 5) is 15.8. The monoisotopic (exact) mass is 263 g/mol. The first-order chi connectivity index (χ1) is 9.16. The molecule has 2 N–H and O–H groups in total. The lowest BCUT2D eigenvalue weighted by Gasteiger charge is -2.22. The van der Waals surface area contributed by atoms with Crippen molar-refractivity contribution in [3.63, 3.8) is 0 Å². The molecule has 0 bridgehead atoms. The second-order valence-corrected chi connectivity index (χ2v) is 5.18. The summed E-state index contributed by atoms with van der Waals surface area (Å²) in [5.41, 5.74) is 0. The van der Waals surface area contributed by atoms with Crippen molar-refractivity contribution in [1.82, 2.24) is 10.3 Å². The largest absolute Gasteiger partial charge is 0.378 e. The van der Waals surface area contributed by atoms with Gasteiger partial charge in [0, 0.05) is 25.3 Å². The fourth-order valence-corrected chi connectivity index (χ4v) is 2.43. The minimum Gasteiger partial charge on any atom is -0.378 e. The lowest BCUT2D eigenvalue weighted by molar-refractivity contribution is 0.0546. The number of aromatic nitrogens is 1. The molecule has 104 valence electrons. The number of carbonyl (C=O) groups is 1. The van der Waals surface area contributed by atoms with Crippen molar-refractivity contribution in [2.75, 3.05) is 18.5 Å². The van der Waals surface area contributed by atoms with E-state index in [0.717, 1.165) is 13.0 Å². The van der Waals surface area contributed by atoms with E-state index in [0.29, 0.717) is 24.2 Å². The van der Waals surface area contributed by atoms with Crippen LogP contribution in [0.4, 0.5) is 10.6 Å². The smallest absolute Gasteiger partial charge is 0.320 e. The molecule has 0 aliphatic carbocycles.